The van der Waals surface area contributed by atoms with E-state index < -0.39 is 0 Å². The van der Waals surface area contributed by atoms with E-state index in [0.29, 0.717) is 4.61 Å². The number of nitrogens with zero attached hydrogens (tertiary/aromatic N) is 2. The van der Waals surface area contributed by atoms with Crippen molar-refractivity contribution < 1.29 is 0 Å². The minimum Gasteiger partial charge on any atom is -0.292 e. The molecule has 1 rings (SSSR count). The maximum absolute atomic E-state index is 7.40. The van der Waals surface area contributed by atoms with Gasteiger partial charge in [-0.15, -0.1) is 0 Å². The van der Waals surface area contributed by atoms with E-state index in [-0.39, 0.29) is 10.6 Å². The first kappa shape index (κ1) is 8.49. The number of nitrogens with one attached hydrogen (secondary N) is 1. The summed E-state index contributed by atoms with van der Waals surface area (Å²) in [6, 6.07) is 0. The Morgan fingerprint density at radius 3 is 2.91 bits per heavy atom. The normalized spacial score (nSPS) is 9.64. The van der Waals surface area contributed by atoms with Gasteiger partial charge in [0.2, 0.25) is 0 Å². The summed E-state index contributed by atoms with van der Waals surface area (Å²) >= 11 is 8.71. The minimum absolute atomic E-state index is 0.121. The van der Waals surface area contributed by atoms with Gasteiger partial charge in [0.05, 0.1) is 4.61 Å². The molecule has 0 amide bonds. The summed E-state index contributed by atoms with van der Waals surface area (Å²) in [6.45, 7) is 3.60. The van der Waals surface area contributed by atoms with Gasteiger partial charge in [-0.05, 0) is 15.9 Å². The van der Waals surface area contributed by atoms with Crippen LogP contribution in [-0.2, 0) is 0 Å². The van der Waals surface area contributed by atoms with Crippen LogP contribution in [-0.4, -0.2) is 9.55 Å². The van der Waals surface area contributed by atoms with Crippen molar-refractivity contribution in [1.82, 2.24) is 9.55 Å². The van der Waals surface area contributed by atoms with Gasteiger partial charge in [0.1, 0.15) is 0 Å². The van der Waals surface area contributed by atoms with E-state index in [0.717, 1.165) is 0 Å². The second-order valence-corrected chi connectivity index (χ2v) is 3.09. The summed E-state index contributed by atoms with van der Waals surface area (Å²) in [4.78, 5) is 3.72. The standard InChI is InChI=1S/C6H5BrClN3/c1-4(7)11-3-2-10-5(8)6(11)9/h2-3,9H,1H2. The Morgan fingerprint density at radius 2 is 2.45 bits per heavy atom. The molecule has 0 saturated heterocycles. The maximum atomic E-state index is 7.40. The van der Waals surface area contributed by atoms with Crippen LogP contribution in [0.4, 0.5) is 0 Å². The molecule has 1 aromatic rings. The molecule has 0 aromatic carbocycles. The van der Waals surface area contributed by atoms with Gasteiger partial charge in [-0.25, -0.2) is 4.98 Å². The summed E-state index contributed by atoms with van der Waals surface area (Å²) in [5.74, 6) is 0. The molecule has 0 aliphatic carbocycles. The zero-order chi connectivity index (χ0) is 8.43. The predicted octanol–water partition coefficient (Wildman–Crippen LogP) is 1.84. The lowest BCUT2D eigenvalue weighted by atomic mass is 10.7. The van der Waals surface area contributed by atoms with Crippen LogP contribution in [0, 0.1) is 5.41 Å². The number of hydrogen-bond donors (Lipinski definition) is 1. The monoisotopic (exact) mass is 233 g/mol. The highest BCUT2D eigenvalue weighted by atomic mass is 79.9. The molecule has 0 bridgehead atoms. The van der Waals surface area contributed by atoms with Crippen molar-refractivity contribution >= 4 is 32.1 Å². The summed E-state index contributed by atoms with van der Waals surface area (Å²) in [7, 11) is 0. The lowest BCUT2D eigenvalue weighted by Gasteiger charge is -2.02. The molecule has 0 saturated carbocycles. The third kappa shape index (κ3) is 1.70. The molecule has 0 atom stereocenters. The molecule has 0 aliphatic rings. The van der Waals surface area contributed by atoms with Gasteiger partial charge in [-0.1, -0.05) is 18.2 Å². The first-order chi connectivity index (χ1) is 5.13. The fourth-order valence-electron chi connectivity index (χ4n) is 0.603. The lowest BCUT2D eigenvalue weighted by molar-refractivity contribution is 0.936. The fourth-order valence-corrected chi connectivity index (χ4v) is 1.05. The molecule has 11 heavy (non-hydrogen) atoms. The molecule has 1 aromatic heterocycles. The molecule has 0 fully saturated rings. The Kier molecular flexibility index (Phi) is 2.46. The van der Waals surface area contributed by atoms with Gasteiger partial charge in [0.15, 0.2) is 10.6 Å². The Hall–Kier alpha value is -0.610. The van der Waals surface area contributed by atoms with E-state index >= 15 is 0 Å². The zero-order valence-corrected chi connectivity index (χ0v) is 7.85. The predicted molar refractivity (Wildman–Crippen MR) is 47.3 cm³/mol. The molecule has 1 N–H and O–H groups in total. The highest BCUT2D eigenvalue weighted by Gasteiger charge is 1.97. The van der Waals surface area contributed by atoms with Crippen LogP contribution >= 0.6 is 27.5 Å². The van der Waals surface area contributed by atoms with E-state index in [4.69, 9.17) is 17.0 Å². The maximum Gasteiger partial charge on any atom is 0.171 e. The largest absolute Gasteiger partial charge is 0.292 e. The van der Waals surface area contributed by atoms with Gasteiger partial charge >= 0.3 is 0 Å². The molecule has 0 spiro atoms. The summed E-state index contributed by atoms with van der Waals surface area (Å²) in [6.07, 6.45) is 3.11. The Balaban J connectivity index is 3.40. The van der Waals surface area contributed by atoms with E-state index in [9.17, 15) is 0 Å². The smallest absolute Gasteiger partial charge is 0.171 e. The average Bonchev–Trinajstić information content (AvgIpc) is 1.94. The highest BCUT2D eigenvalue weighted by molar-refractivity contribution is 9.14. The fraction of sp³-hybridized carbons (Fsp3) is 0. The number of rotatable bonds is 1. The topological polar surface area (TPSA) is 41.7 Å². The first-order valence-corrected chi connectivity index (χ1v) is 3.92. The average molecular weight is 234 g/mol. The number of hydrogen-bond acceptors (Lipinski definition) is 2. The molecule has 1 heterocycles. The van der Waals surface area contributed by atoms with E-state index in [2.05, 4.69) is 27.5 Å². The van der Waals surface area contributed by atoms with Crippen LogP contribution in [0.2, 0.25) is 5.15 Å². The molecular weight excluding hydrogens is 229 g/mol. The number of aromatic nitrogens is 2. The second-order valence-electron chi connectivity index (χ2n) is 1.81. The second kappa shape index (κ2) is 3.19. The summed E-state index contributed by atoms with van der Waals surface area (Å²) in [5.41, 5.74) is 0.121. The highest BCUT2D eigenvalue weighted by Crippen LogP contribution is 2.06. The molecule has 3 nitrogen and oxygen atoms in total. The van der Waals surface area contributed by atoms with E-state index in [1.165, 1.54) is 10.8 Å². The van der Waals surface area contributed by atoms with Crippen LogP contribution in [0.15, 0.2) is 19.0 Å². The zero-order valence-electron chi connectivity index (χ0n) is 5.51. The molecule has 0 unspecified atom stereocenters. The van der Waals surface area contributed by atoms with Crippen molar-refractivity contribution in [2.24, 2.45) is 0 Å². The van der Waals surface area contributed by atoms with Crippen molar-refractivity contribution in [3.8, 4) is 0 Å². The van der Waals surface area contributed by atoms with Gasteiger partial charge in [0, 0.05) is 12.4 Å². The van der Waals surface area contributed by atoms with Crippen LogP contribution in [0.1, 0.15) is 0 Å². The van der Waals surface area contributed by atoms with Gasteiger partial charge in [-0.3, -0.25) is 9.98 Å². The third-order valence-electron chi connectivity index (χ3n) is 1.10. The summed E-state index contributed by atoms with van der Waals surface area (Å²) in [5, 5.41) is 7.56. The molecule has 0 radical (unpaired) electrons. The lowest BCUT2D eigenvalue weighted by Crippen LogP contribution is -2.17. The van der Waals surface area contributed by atoms with Crippen LogP contribution < -0.4 is 5.49 Å². The van der Waals surface area contributed by atoms with Crippen LogP contribution in [0.25, 0.3) is 4.61 Å². The first-order valence-electron chi connectivity index (χ1n) is 2.75. The van der Waals surface area contributed by atoms with Crippen molar-refractivity contribution in [3.05, 3.63) is 29.6 Å². The Bertz CT molecular complexity index is 344. The molecular formula is C6H5BrClN3. The minimum atomic E-state index is 0.121. The SMILES string of the molecule is C=C(Br)n1ccnc(Cl)c1=N. The van der Waals surface area contributed by atoms with E-state index in [1.54, 1.807) is 6.20 Å². The van der Waals surface area contributed by atoms with Crippen molar-refractivity contribution in [3.63, 3.8) is 0 Å². The third-order valence-corrected chi connectivity index (χ3v) is 1.76. The van der Waals surface area contributed by atoms with Crippen molar-refractivity contribution in [2.45, 2.75) is 0 Å². The van der Waals surface area contributed by atoms with E-state index in [1.807, 2.05) is 0 Å². The molecule has 58 valence electrons. The van der Waals surface area contributed by atoms with Gasteiger partial charge in [0.25, 0.3) is 0 Å². The van der Waals surface area contributed by atoms with Gasteiger partial charge < -0.3 is 0 Å². The molecule has 0 aliphatic heterocycles. The number of halogens is 2. The van der Waals surface area contributed by atoms with Gasteiger partial charge in [-0.2, -0.15) is 0 Å². The Labute approximate surface area is 77.0 Å². The van der Waals surface area contributed by atoms with Crippen molar-refractivity contribution in [2.75, 3.05) is 0 Å². The molecule has 5 heteroatoms. The van der Waals surface area contributed by atoms with Crippen LogP contribution in [0.5, 0.6) is 0 Å². The summed E-state index contributed by atoms with van der Waals surface area (Å²) < 4.78 is 2.04. The quantitative estimate of drug-likeness (QED) is 0.791. The Morgan fingerprint density at radius 1 is 1.82 bits per heavy atom. The van der Waals surface area contributed by atoms with Crippen LogP contribution in [0.3, 0.4) is 0 Å². The van der Waals surface area contributed by atoms with Crippen molar-refractivity contribution in [1.29, 1.82) is 5.41 Å².